The summed E-state index contributed by atoms with van der Waals surface area (Å²) in [4.78, 5) is 12.6. The van der Waals surface area contributed by atoms with Crippen LogP contribution >= 0.6 is 0 Å². The van der Waals surface area contributed by atoms with Gasteiger partial charge in [-0.25, -0.2) is 8.42 Å². The smallest absolute Gasteiger partial charge is 0.270 e. The van der Waals surface area contributed by atoms with Crippen LogP contribution in [0.15, 0.2) is 59.5 Å². The summed E-state index contributed by atoms with van der Waals surface area (Å²) in [6.45, 7) is 3.07. The first-order chi connectivity index (χ1) is 13.0. The molecule has 144 valence electrons. The molecule has 8 heteroatoms. The lowest BCUT2D eigenvalue weighted by atomic mass is 10.1. The molecule has 0 N–H and O–H groups in total. The number of aryl methyl sites for hydroxylation is 1. The number of rotatable bonds is 7. The van der Waals surface area contributed by atoms with Crippen LogP contribution in [0.4, 0.5) is 5.69 Å². The molecule has 1 heterocycles. The van der Waals surface area contributed by atoms with Crippen LogP contribution in [0.5, 0.6) is 0 Å². The number of hydrogen-bond donors (Lipinski definition) is 0. The van der Waals surface area contributed by atoms with Crippen molar-refractivity contribution in [3.63, 3.8) is 0 Å². The van der Waals surface area contributed by atoms with E-state index in [4.69, 9.17) is 0 Å². The standard InChI is InChI=1S/C19H23N3O4S/c23-22(24)18-9-4-10-19(16-18)27(25,26)21-14-12-20(13-15-21)11-5-8-17-6-2-1-3-7-17/h1-4,6-7,9-10,16H,5,8,11-15H2. The Kier molecular flexibility index (Phi) is 6.20. The normalized spacial score (nSPS) is 16.3. The number of nitrogens with zero attached hydrogens (tertiary/aromatic N) is 3. The van der Waals surface area contributed by atoms with Crippen molar-refractivity contribution in [2.75, 3.05) is 32.7 Å². The highest BCUT2D eigenvalue weighted by Gasteiger charge is 2.29. The van der Waals surface area contributed by atoms with E-state index in [2.05, 4.69) is 17.0 Å². The number of hydrogen-bond acceptors (Lipinski definition) is 5. The first-order valence-corrected chi connectivity index (χ1v) is 10.4. The molecule has 7 nitrogen and oxygen atoms in total. The summed E-state index contributed by atoms with van der Waals surface area (Å²) in [6, 6.07) is 15.5. The molecule has 0 radical (unpaired) electrons. The van der Waals surface area contributed by atoms with Gasteiger partial charge in [0.1, 0.15) is 0 Å². The average Bonchev–Trinajstić information content (AvgIpc) is 2.69. The molecule has 27 heavy (non-hydrogen) atoms. The van der Waals surface area contributed by atoms with E-state index in [0.717, 1.165) is 25.5 Å². The van der Waals surface area contributed by atoms with E-state index in [9.17, 15) is 18.5 Å². The number of sulfonamides is 1. The molecule has 0 aliphatic carbocycles. The van der Waals surface area contributed by atoms with Crippen molar-refractivity contribution >= 4 is 15.7 Å². The summed E-state index contributed by atoms with van der Waals surface area (Å²) in [5.74, 6) is 0. The number of piperazine rings is 1. The zero-order chi connectivity index (χ0) is 19.3. The van der Waals surface area contributed by atoms with Crippen LogP contribution in [-0.2, 0) is 16.4 Å². The fraction of sp³-hybridized carbons (Fsp3) is 0.368. The summed E-state index contributed by atoms with van der Waals surface area (Å²) in [7, 11) is -3.70. The molecule has 0 unspecified atom stereocenters. The van der Waals surface area contributed by atoms with Crippen LogP contribution in [0.25, 0.3) is 0 Å². The third-order valence-electron chi connectivity index (χ3n) is 4.78. The Labute approximate surface area is 159 Å². The molecule has 2 aromatic carbocycles. The predicted octanol–water partition coefficient (Wildman–Crippen LogP) is 2.53. The Balaban J connectivity index is 1.53. The fourth-order valence-electron chi connectivity index (χ4n) is 3.25. The zero-order valence-electron chi connectivity index (χ0n) is 15.0. The summed E-state index contributed by atoms with van der Waals surface area (Å²) in [5.41, 5.74) is 1.10. The maximum Gasteiger partial charge on any atom is 0.270 e. The van der Waals surface area contributed by atoms with Crippen LogP contribution in [0.2, 0.25) is 0 Å². The van der Waals surface area contributed by atoms with Gasteiger partial charge >= 0.3 is 0 Å². The van der Waals surface area contributed by atoms with Crippen molar-refractivity contribution in [2.45, 2.75) is 17.7 Å². The summed E-state index contributed by atoms with van der Waals surface area (Å²) < 4.78 is 26.9. The second-order valence-electron chi connectivity index (χ2n) is 6.59. The molecule has 1 fully saturated rings. The van der Waals surface area contributed by atoms with Gasteiger partial charge in [-0.3, -0.25) is 10.1 Å². The largest absolute Gasteiger partial charge is 0.301 e. The lowest BCUT2D eigenvalue weighted by Crippen LogP contribution is -2.48. The molecule has 0 spiro atoms. The first-order valence-electron chi connectivity index (χ1n) is 8.98. The topological polar surface area (TPSA) is 83.8 Å². The lowest BCUT2D eigenvalue weighted by Gasteiger charge is -2.33. The maximum absolute atomic E-state index is 12.8. The van der Waals surface area contributed by atoms with Crippen LogP contribution in [0.3, 0.4) is 0 Å². The van der Waals surface area contributed by atoms with Crippen LogP contribution in [-0.4, -0.2) is 55.3 Å². The Morgan fingerprint density at radius 3 is 2.33 bits per heavy atom. The van der Waals surface area contributed by atoms with Gasteiger partial charge in [0.25, 0.3) is 5.69 Å². The van der Waals surface area contributed by atoms with E-state index in [-0.39, 0.29) is 10.6 Å². The van der Waals surface area contributed by atoms with Crippen LogP contribution in [0, 0.1) is 10.1 Å². The Morgan fingerprint density at radius 2 is 1.67 bits per heavy atom. The van der Waals surface area contributed by atoms with E-state index in [0.29, 0.717) is 26.2 Å². The van der Waals surface area contributed by atoms with Crippen molar-refractivity contribution in [3.8, 4) is 0 Å². The van der Waals surface area contributed by atoms with Crippen LogP contribution in [0.1, 0.15) is 12.0 Å². The van der Waals surface area contributed by atoms with Gasteiger partial charge < -0.3 is 4.90 Å². The molecule has 1 saturated heterocycles. The highest BCUT2D eigenvalue weighted by molar-refractivity contribution is 7.89. The minimum atomic E-state index is -3.70. The van der Waals surface area contributed by atoms with Gasteiger partial charge in [-0.2, -0.15) is 4.31 Å². The van der Waals surface area contributed by atoms with E-state index in [1.807, 2.05) is 18.2 Å². The van der Waals surface area contributed by atoms with Gasteiger partial charge in [0.15, 0.2) is 0 Å². The number of non-ortho nitro benzene ring substituents is 1. The summed E-state index contributed by atoms with van der Waals surface area (Å²) >= 11 is 0. The molecule has 1 aliphatic heterocycles. The molecule has 0 atom stereocenters. The zero-order valence-corrected chi connectivity index (χ0v) is 15.8. The molecule has 0 amide bonds. The van der Waals surface area contributed by atoms with Crippen molar-refractivity contribution in [2.24, 2.45) is 0 Å². The van der Waals surface area contributed by atoms with Crippen molar-refractivity contribution in [1.82, 2.24) is 9.21 Å². The monoisotopic (exact) mass is 389 g/mol. The number of nitro groups is 1. The Morgan fingerprint density at radius 1 is 0.963 bits per heavy atom. The molecular formula is C19H23N3O4S. The first kappa shape index (κ1) is 19.5. The SMILES string of the molecule is O=[N+]([O-])c1cccc(S(=O)(=O)N2CCN(CCCc3ccccc3)CC2)c1. The van der Waals surface area contributed by atoms with E-state index >= 15 is 0 Å². The molecule has 3 rings (SSSR count). The van der Waals surface area contributed by atoms with Crippen molar-refractivity contribution in [1.29, 1.82) is 0 Å². The molecule has 1 aliphatic rings. The molecular weight excluding hydrogens is 366 g/mol. The van der Waals surface area contributed by atoms with Crippen molar-refractivity contribution in [3.05, 3.63) is 70.3 Å². The summed E-state index contributed by atoms with van der Waals surface area (Å²) in [5, 5.41) is 10.9. The Bertz CT molecular complexity index is 879. The Hall–Kier alpha value is -2.29. The van der Waals surface area contributed by atoms with Gasteiger partial charge in [-0.15, -0.1) is 0 Å². The van der Waals surface area contributed by atoms with Gasteiger partial charge in [0.2, 0.25) is 10.0 Å². The quantitative estimate of drug-likeness (QED) is 0.537. The van der Waals surface area contributed by atoms with E-state index in [1.165, 1.54) is 28.1 Å². The predicted molar refractivity (Wildman–Crippen MR) is 103 cm³/mol. The third-order valence-corrected chi connectivity index (χ3v) is 6.67. The maximum atomic E-state index is 12.8. The van der Waals surface area contributed by atoms with E-state index < -0.39 is 14.9 Å². The minimum Gasteiger partial charge on any atom is -0.301 e. The third kappa shape index (κ3) is 4.91. The fourth-order valence-corrected chi connectivity index (χ4v) is 4.71. The highest BCUT2D eigenvalue weighted by Crippen LogP contribution is 2.22. The van der Waals surface area contributed by atoms with Crippen molar-refractivity contribution < 1.29 is 13.3 Å². The van der Waals surface area contributed by atoms with Gasteiger partial charge in [-0.05, 0) is 31.0 Å². The summed E-state index contributed by atoms with van der Waals surface area (Å²) in [6.07, 6.45) is 2.04. The lowest BCUT2D eigenvalue weighted by molar-refractivity contribution is -0.385. The van der Waals surface area contributed by atoms with Gasteiger partial charge in [-0.1, -0.05) is 36.4 Å². The molecule has 0 bridgehead atoms. The molecule has 0 aromatic heterocycles. The second-order valence-corrected chi connectivity index (χ2v) is 8.53. The van der Waals surface area contributed by atoms with Gasteiger partial charge in [0.05, 0.1) is 9.82 Å². The number of benzene rings is 2. The van der Waals surface area contributed by atoms with Crippen LogP contribution < -0.4 is 0 Å². The minimum absolute atomic E-state index is 0.0192. The average molecular weight is 389 g/mol. The second kappa shape index (κ2) is 8.60. The highest BCUT2D eigenvalue weighted by atomic mass is 32.2. The molecule has 0 saturated carbocycles. The molecule has 2 aromatic rings. The number of nitro benzene ring substituents is 1. The van der Waals surface area contributed by atoms with Gasteiger partial charge in [0, 0.05) is 38.3 Å². The van der Waals surface area contributed by atoms with E-state index in [1.54, 1.807) is 0 Å².